The Morgan fingerprint density at radius 3 is 1.77 bits per heavy atom. The fraction of sp³-hybridized carbons (Fsp3) is 0.0870. The molecule has 0 amide bonds. The van der Waals surface area contributed by atoms with Crippen LogP contribution in [-0.2, 0) is 9.84 Å². The van der Waals surface area contributed by atoms with E-state index in [0.717, 1.165) is 33.8 Å². The Morgan fingerprint density at radius 2 is 1.27 bits per heavy atom. The van der Waals surface area contributed by atoms with Crippen molar-refractivity contribution in [3.63, 3.8) is 0 Å². The second-order valence-electron chi connectivity index (χ2n) is 7.01. The Kier molecular flexibility index (Phi) is 5.45. The average molecular weight is 457 g/mol. The maximum atomic E-state index is 11.8. The minimum atomic E-state index is -3.28. The molecule has 0 aliphatic rings. The lowest BCUT2D eigenvalue weighted by Gasteiger charge is -2.09. The molecule has 0 saturated carbocycles. The summed E-state index contributed by atoms with van der Waals surface area (Å²) in [4.78, 5) is 0.265. The zero-order chi connectivity index (χ0) is 21.5. The number of hydrogen-bond donors (Lipinski definition) is 0. The molecule has 1 aromatic heterocycles. The van der Waals surface area contributed by atoms with Gasteiger partial charge in [0.1, 0.15) is 0 Å². The molecule has 4 rings (SSSR count). The molecule has 152 valence electrons. The van der Waals surface area contributed by atoms with Crippen molar-refractivity contribution >= 4 is 33.0 Å². The zero-order valence-electron chi connectivity index (χ0n) is 16.3. The molecule has 3 aromatic carbocycles. The summed E-state index contributed by atoms with van der Waals surface area (Å²) in [5, 5.41) is 6.17. The van der Waals surface area contributed by atoms with Crippen LogP contribution in [0.4, 0.5) is 0 Å². The van der Waals surface area contributed by atoms with Gasteiger partial charge in [0.05, 0.1) is 22.0 Å². The first-order valence-electron chi connectivity index (χ1n) is 9.16. The number of benzene rings is 3. The van der Waals surface area contributed by atoms with Gasteiger partial charge in [-0.15, -0.1) is 0 Å². The minimum Gasteiger partial charge on any atom is -0.232 e. The molecule has 7 heteroatoms. The highest BCUT2D eigenvalue weighted by Gasteiger charge is 2.19. The molecule has 0 saturated heterocycles. The first-order chi connectivity index (χ1) is 14.2. The molecule has 0 aliphatic heterocycles. The largest absolute Gasteiger partial charge is 0.232 e. The highest BCUT2D eigenvalue weighted by molar-refractivity contribution is 7.90. The van der Waals surface area contributed by atoms with Crippen molar-refractivity contribution in [2.24, 2.45) is 0 Å². The third-order valence-corrected chi connectivity index (χ3v) is 6.50. The van der Waals surface area contributed by atoms with E-state index in [1.54, 1.807) is 24.3 Å². The first-order valence-corrected chi connectivity index (χ1v) is 11.8. The van der Waals surface area contributed by atoms with Crippen LogP contribution in [0.25, 0.3) is 28.2 Å². The third kappa shape index (κ3) is 4.01. The van der Waals surface area contributed by atoms with Gasteiger partial charge in [0.2, 0.25) is 0 Å². The van der Waals surface area contributed by atoms with Crippen LogP contribution in [0.15, 0.2) is 77.7 Å². The van der Waals surface area contributed by atoms with E-state index >= 15 is 0 Å². The molecule has 0 radical (unpaired) electrons. The molecule has 0 N–H and O–H groups in total. The highest BCUT2D eigenvalue weighted by atomic mass is 35.5. The van der Waals surface area contributed by atoms with Crippen molar-refractivity contribution in [3.05, 3.63) is 88.4 Å². The summed E-state index contributed by atoms with van der Waals surface area (Å²) < 4.78 is 25.5. The molecule has 0 fully saturated rings. The van der Waals surface area contributed by atoms with Gasteiger partial charge in [-0.2, -0.15) is 5.10 Å². The number of sulfone groups is 1. The molecule has 0 unspecified atom stereocenters. The summed E-state index contributed by atoms with van der Waals surface area (Å²) in [6, 6.07) is 21.8. The maximum absolute atomic E-state index is 11.8. The predicted octanol–water partition coefficient (Wildman–Crippen LogP) is 6.23. The number of halogens is 2. The van der Waals surface area contributed by atoms with E-state index in [0.29, 0.717) is 10.0 Å². The molecule has 0 aliphatic carbocycles. The van der Waals surface area contributed by atoms with Crippen molar-refractivity contribution in [3.8, 4) is 28.2 Å². The molecule has 1 heterocycles. The van der Waals surface area contributed by atoms with Gasteiger partial charge in [0, 0.05) is 33.0 Å². The second kappa shape index (κ2) is 7.91. The average Bonchev–Trinajstić information content (AvgIpc) is 3.06. The quantitative estimate of drug-likeness (QED) is 0.365. The van der Waals surface area contributed by atoms with Gasteiger partial charge < -0.3 is 0 Å². The lowest BCUT2D eigenvalue weighted by molar-refractivity contribution is 0.602. The SMILES string of the molecule is Cc1c(-c2ccc(Cl)cc2)nn(-c2ccc(S(C)(=O)=O)cc2)c1-c1ccc(Cl)cc1. The Morgan fingerprint density at radius 1 is 0.767 bits per heavy atom. The van der Waals surface area contributed by atoms with Gasteiger partial charge in [-0.25, -0.2) is 13.1 Å². The van der Waals surface area contributed by atoms with Crippen LogP contribution in [0.2, 0.25) is 10.0 Å². The van der Waals surface area contributed by atoms with E-state index in [9.17, 15) is 8.42 Å². The molecule has 0 spiro atoms. The lowest BCUT2D eigenvalue weighted by Crippen LogP contribution is -2.02. The maximum Gasteiger partial charge on any atom is 0.175 e. The topological polar surface area (TPSA) is 52.0 Å². The van der Waals surface area contributed by atoms with Crippen molar-refractivity contribution in [2.75, 3.05) is 6.26 Å². The summed E-state index contributed by atoms with van der Waals surface area (Å²) in [5.74, 6) is 0. The van der Waals surface area contributed by atoms with Gasteiger partial charge in [-0.3, -0.25) is 0 Å². The van der Waals surface area contributed by atoms with Crippen molar-refractivity contribution in [1.82, 2.24) is 9.78 Å². The highest BCUT2D eigenvalue weighted by Crippen LogP contribution is 2.34. The van der Waals surface area contributed by atoms with Gasteiger partial charge in [-0.1, -0.05) is 47.5 Å². The minimum absolute atomic E-state index is 0.265. The summed E-state index contributed by atoms with van der Waals surface area (Å²) in [7, 11) is -3.28. The van der Waals surface area contributed by atoms with Gasteiger partial charge >= 0.3 is 0 Å². The van der Waals surface area contributed by atoms with Crippen LogP contribution in [0.1, 0.15) is 5.56 Å². The van der Waals surface area contributed by atoms with Gasteiger partial charge in [0.15, 0.2) is 9.84 Å². The van der Waals surface area contributed by atoms with E-state index in [2.05, 4.69) is 0 Å². The van der Waals surface area contributed by atoms with Crippen LogP contribution < -0.4 is 0 Å². The van der Waals surface area contributed by atoms with E-state index in [4.69, 9.17) is 28.3 Å². The smallest absolute Gasteiger partial charge is 0.175 e. The molecule has 0 atom stereocenters. The van der Waals surface area contributed by atoms with E-state index in [-0.39, 0.29) is 4.90 Å². The van der Waals surface area contributed by atoms with Crippen LogP contribution in [0.5, 0.6) is 0 Å². The number of hydrogen-bond acceptors (Lipinski definition) is 3. The van der Waals surface area contributed by atoms with Crippen molar-refractivity contribution in [2.45, 2.75) is 11.8 Å². The molecule has 0 bridgehead atoms. The Bertz CT molecular complexity index is 1310. The van der Waals surface area contributed by atoms with Crippen molar-refractivity contribution < 1.29 is 8.42 Å². The fourth-order valence-electron chi connectivity index (χ4n) is 3.35. The summed E-state index contributed by atoms with van der Waals surface area (Å²) >= 11 is 12.1. The standard InChI is InChI=1S/C23H18Cl2N2O2S/c1-15-22(16-3-7-18(24)8-4-16)26-27(23(15)17-5-9-19(25)10-6-17)20-11-13-21(14-12-20)30(2,28)29/h3-14H,1-2H3. The second-order valence-corrected chi connectivity index (χ2v) is 9.90. The van der Waals surface area contributed by atoms with E-state index in [1.165, 1.54) is 6.26 Å². The third-order valence-electron chi connectivity index (χ3n) is 4.87. The zero-order valence-corrected chi connectivity index (χ0v) is 18.6. The molecule has 4 aromatic rings. The van der Waals surface area contributed by atoms with Crippen molar-refractivity contribution in [1.29, 1.82) is 0 Å². The molecular weight excluding hydrogens is 439 g/mol. The molecule has 4 nitrogen and oxygen atoms in total. The van der Waals surface area contributed by atoms with Gasteiger partial charge in [-0.05, 0) is 55.5 Å². The Balaban J connectivity index is 1.93. The Hall–Kier alpha value is -2.60. The number of nitrogens with zero attached hydrogens (tertiary/aromatic N) is 2. The predicted molar refractivity (Wildman–Crippen MR) is 122 cm³/mol. The summed E-state index contributed by atoms with van der Waals surface area (Å²) in [5.41, 5.74) is 5.38. The van der Waals surface area contributed by atoms with Crippen LogP contribution in [-0.4, -0.2) is 24.5 Å². The van der Waals surface area contributed by atoms with Crippen LogP contribution in [0.3, 0.4) is 0 Å². The van der Waals surface area contributed by atoms with Crippen LogP contribution >= 0.6 is 23.2 Å². The lowest BCUT2D eigenvalue weighted by atomic mass is 10.0. The van der Waals surface area contributed by atoms with E-state index in [1.807, 2.05) is 60.1 Å². The first kappa shape index (κ1) is 20.7. The number of rotatable bonds is 4. The monoisotopic (exact) mass is 456 g/mol. The fourth-order valence-corrected chi connectivity index (χ4v) is 4.23. The summed E-state index contributed by atoms with van der Waals surface area (Å²) in [6.45, 7) is 2.02. The normalized spacial score (nSPS) is 11.6. The van der Waals surface area contributed by atoms with Crippen LogP contribution in [0, 0.1) is 6.92 Å². The Labute approximate surface area is 185 Å². The summed E-state index contributed by atoms with van der Waals surface area (Å²) in [6.07, 6.45) is 1.19. The van der Waals surface area contributed by atoms with E-state index < -0.39 is 9.84 Å². The number of aromatic nitrogens is 2. The molecular formula is C23H18Cl2N2O2S. The molecule has 30 heavy (non-hydrogen) atoms. The van der Waals surface area contributed by atoms with Gasteiger partial charge in [0.25, 0.3) is 0 Å².